The number of likely N-dealkylation sites (N-methyl/N-ethyl adjacent to an activating group) is 1. The summed E-state index contributed by atoms with van der Waals surface area (Å²) in [6, 6.07) is 0.0148. The van der Waals surface area contributed by atoms with E-state index < -0.39 is 11.3 Å². The molecule has 1 N–H and O–H groups in total. The Morgan fingerprint density at radius 2 is 2.42 bits per heavy atom. The molecule has 12 heavy (non-hydrogen) atoms. The number of rotatable bonds is 3. The van der Waals surface area contributed by atoms with E-state index >= 15 is 0 Å². The van der Waals surface area contributed by atoms with E-state index in [0.717, 1.165) is 12.8 Å². The fraction of sp³-hybridized carbons (Fsp3) is 0.833. The lowest BCUT2D eigenvalue weighted by atomic mass is 10.3. The third kappa shape index (κ3) is 2.02. The number of amides is 1. The molecule has 0 aromatic carbocycles. The van der Waals surface area contributed by atoms with Crippen molar-refractivity contribution in [1.29, 1.82) is 0 Å². The molecule has 1 saturated heterocycles. The number of likely N-dealkylation sites (tertiary alicyclic amines) is 1. The van der Waals surface area contributed by atoms with Gasteiger partial charge in [0.15, 0.2) is 0 Å². The van der Waals surface area contributed by atoms with Crippen molar-refractivity contribution in [3.8, 4) is 0 Å². The minimum absolute atomic E-state index is 0.0148. The van der Waals surface area contributed by atoms with Gasteiger partial charge in [-0.15, -0.1) is 0 Å². The Bertz CT molecular complexity index is 199. The molecule has 6 heteroatoms. The molecule has 0 aromatic heterocycles. The van der Waals surface area contributed by atoms with Gasteiger partial charge in [0.25, 0.3) is 0 Å². The molecule has 0 aromatic rings. The molecule has 1 fully saturated rings. The van der Waals surface area contributed by atoms with E-state index in [1.54, 1.807) is 11.9 Å². The smallest absolute Gasteiger partial charge is 0.234 e. The maximum absolute atomic E-state index is 10.6. The molecule has 0 bridgehead atoms. The van der Waals surface area contributed by atoms with Gasteiger partial charge in [-0.25, -0.2) is 4.21 Å². The van der Waals surface area contributed by atoms with Crippen LogP contribution in [0, 0.1) is 0 Å². The third-order valence-corrected chi connectivity index (χ3v) is 2.90. The lowest BCUT2D eigenvalue weighted by molar-refractivity contribution is -0.117. The van der Waals surface area contributed by atoms with Crippen LogP contribution in [0.4, 0.5) is 0 Å². The van der Waals surface area contributed by atoms with E-state index in [0.29, 0.717) is 13.1 Å². The summed E-state index contributed by atoms with van der Waals surface area (Å²) in [5, 5.41) is 0. The van der Waals surface area contributed by atoms with Gasteiger partial charge in [0, 0.05) is 26.2 Å². The molecule has 2 atom stereocenters. The minimum Gasteiger partial charge on any atom is -0.344 e. The second kappa shape index (κ2) is 3.97. The molecule has 1 rings (SSSR count). The zero-order valence-corrected chi connectivity index (χ0v) is 7.66. The Hall–Kier alpha value is -0.460. The van der Waals surface area contributed by atoms with Crippen LogP contribution in [-0.4, -0.2) is 50.6 Å². The van der Waals surface area contributed by atoms with Crippen LogP contribution in [0.3, 0.4) is 0 Å². The molecule has 1 unspecified atom stereocenters. The monoisotopic (exact) mass is 192 g/mol. The van der Waals surface area contributed by atoms with Crippen LogP contribution in [0.1, 0.15) is 6.42 Å². The lowest BCUT2D eigenvalue weighted by Gasteiger charge is -2.18. The Balaban J connectivity index is 2.46. The van der Waals surface area contributed by atoms with Crippen molar-refractivity contribution in [2.75, 3.05) is 20.1 Å². The van der Waals surface area contributed by atoms with Crippen molar-refractivity contribution in [3.05, 3.63) is 0 Å². The van der Waals surface area contributed by atoms with Crippen molar-refractivity contribution >= 4 is 17.7 Å². The first-order chi connectivity index (χ1) is 5.65. The normalized spacial score (nSPS) is 26.2. The molecular weight excluding hydrogens is 180 g/mol. The quantitative estimate of drug-likeness (QED) is 0.474. The van der Waals surface area contributed by atoms with Gasteiger partial charge in [-0.1, -0.05) is 0 Å². The summed E-state index contributed by atoms with van der Waals surface area (Å²) in [7, 11) is 1.58. The fourth-order valence-electron chi connectivity index (χ4n) is 1.29. The van der Waals surface area contributed by atoms with Crippen LogP contribution >= 0.6 is 0 Å². The summed E-state index contributed by atoms with van der Waals surface area (Å²) in [6.45, 7) is 1.22. The molecule has 0 spiro atoms. The summed E-state index contributed by atoms with van der Waals surface area (Å²) in [4.78, 5) is 11.9. The summed E-state index contributed by atoms with van der Waals surface area (Å²) in [5.41, 5.74) is 0. The zero-order chi connectivity index (χ0) is 9.14. The van der Waals surface area contributed by atoms with Gasteiger partial charge in [-0.05, 0) is 6.42 Å². The van der Waals surface area contributed by atoms with E-state index in [9.17, 15) is 9.00 Å². The van der Waals surface area contributed by atoms with Gasteiger partial charge in [0.2, 0.25) is 17.7 Å². The molecule has 70 valence electrons. The topological polar surface area (TPSA) is 60.9 Å². The average Bonchev–Trinajstić information content (AvgIpc) is 2.50. The van der Waals surface area contributed by atoms with Gasteiger partial charge < -0.3 is 4.90 Å². The standard InChI is InChI=1S/C6H12N2O3S/c1-7(12(10)11)6-2-3-8(4-6)5-9/h5-6H,2-4H2,1H3,(H,10,11)/t6-/m0/s1. The number of hydrogen-bond donors (Lipinski definition) is 1. The highest BCUT2D eigenvalue weighted by atomic mass is 32.2. The predicted octanol–water partition coefficient (Wildman–Crippen LogP) is -0.714. The second-order valence-corrected chi connectivity index (χ2v) is 3.86. The minimum atomic E-state index is -1.93. The van der Waals surface area contributed by atoms with E-state index in [2.05, 4.69) is 0 Å². The number of carbonyl (C=O) groups excluding carboxylic acids is 1. The third-order valence-electron chi connectivity index (χ3n) is 2.10. The highest BCUT2D eigenvalue weighted by Gasteiger charge is 2.26. The maximum Gasteiger partial charge on any atom is 0.234 e. The van der Waals surface area contributed by atoms with E-state index in [4.69, 9.17) is 4.55 Å². The van der Waals surface area contributed by atoms with Crippen molar-refractivity contribution in [1.82, 2.24) is 9.21 Å². The first kappa shape index (κ1) is 9.63. The SMILES string of the molecule is CN([C@H]1CCN(C=O)C1)S(=O)O. The maximum atomic E-state index is 10.6. The first-order valence-electron chi connectivity index (χ1n) is 3.68. The van der Waals surface area contributed by atoms with Gasteiger partial charge in [0.1, 0.15) is 0 Å². The van der Waals surface area contributed by atoms with Gasteiger partial charge in [0.05, 0.1) is 0 Å². The number of carbonyl (C=O) groups is 1. The van der Waals surface area contributed by atoms with Gasteiger partial charge >= 0.3 is 0 Å². The molecule has 1 heterocycles. The van der Waals surface area contributed by atoms with E-state index in [-0.39, 0.29) is 6.04 Å². The number of nitrogens with zero attached hydrogens (tertiary/aromatic N) is 2. The van der Waals surface area contributed by atoms with Gasteiger partial charge in [-0.2, -0.15) is 4.31 Å². The van der Waals surface area contributed by atoms with Crippen LogP contribution in [0.5, 0.6) is 0 Å². The second-order valence-electron chi connectivity index (χ2n) is 2.82. The summed E-state index contributed by atoms with van der Waals surface area (Å²) >= 11 is -1.93. The van der Waals surface area contributed by atoms with Crippen LogP contribution in [0.15, 0.2) is 0 Å². The summed E-state index contributed by atoms with van der Waals surface area (Å²) < 4.78 is 20.7. The van der Waals surface area contributed by atoms with Crippen molar-refractivity contribution in [2.45, 2.75) is 12.5 Å². The van der Waals surface area contributed by atoms with Crippen molar-refractivity contribution < 1.29 is 13.6 Å². The molecule has 0 saturated carbocycles. The van der Waals surface area contributed by atoms with E-state index in [1.807, 2.05) is 0 Å². The molecule has 0 aliphatic carbocycles. The molecule has 1 amide bonds. The lowest BCUT2D eigenvalue weighted by Crippen LogP contribution is -2.35. The summed E-state index contributed by atoms with van der Waals surface area (Å²) in [5.74, 6) is 0. The Kier molecular flexibility index (Phi) is 3.19. The molecular formula is C6H12N2O3S. The van der Waals surface area contributed by atoms with Gasteiger partial charge in [-0.3, -0.25) is 9.35 Å². The highest BCUT2D eigenvalue weighted by Crippen LogP contribution is 2.13. The van der Waals surface area contributed by atoms with Crippen molar-refractivity contribution in [2.24, 2.45) is 0 Å². The Labute approximate surface area is 73.8 Å². The first-order valence-corrected chi connectivity index (χ1v) is 4.74. The van der Waals surface area contributed by atoms with Crippen LogP contribution in [-0.2, 0) is 16.1 Å². The zero-order valence-electron chi connectivity index (χ0n) is 6.84. The Morgan fingerprint density at radius 3 is 2.83 bits per heavy atom. The van der Waals surface area contributed by atoms with Crippen LogP contribution in [0.25, 0.3) is 0 Å². The average molecular weight is 192 g/mol. The summed E-state index contributed by atoms with van der Waals surface area (Å²) in [6.07, 6.45) is 1.54. The fourth-order valence-corrected chi connectivity index (χ4v) is 1.72. The van der Waals surface area contributed by atoms with Crippen LogP contribution in [0.2, 0.25) is 0 Å². The molecule has 5 nitrogen and oxygen atoms in total. The Morgan fingerprint density at radius 1 is 1.75 bits per heavy atom. The predicted molar refractivity (Wildman–Crippen MR) is 44.6 cm³/mol. The molecule has 0 radical (unpaired) electrons. The molecule has 1 aliphatic rings. The van der Waals surface area contributed by atoms with Crippen molar-refractivity contribution in [3.63, 3.8) is 0 Å². The highest BCUT2D eigenvalue weighted by molar-refractivity contribution is 7.76. The van der Waals surface area contributed by atoms with Crippen LogP contribution < -0.4 is 0 Å². The largest absolute Gasteiger partial charge is 0.344 e. The van der Waals surface area contributed by atoms with E-state index in [1.165, 1.54) is 4.31 Å². The molecule has 1 aliphatic heterocycles. The number of hydrogen-bond acceptors (Lipinski definition) is 2.